The molecule has 2 rings (SSSR count). The summed E-state index contributed by atoms with van der Waals surface area (Å²) in [4.78, 5) is 12.0. The Morgan fingerprint density at radius 2 is 1.74 bits per heavy atom. The van der Waals surface area contributed by atoms with Gasteiger partial charge < -0.3 is 19.5 Å². The molecule has 146 valence electrons. The number of hydrogen-bond donors (Lipinski definition) is 1. The highest BCUT2D eigenvalue weighted by atomic mass is 19.4. The lowest BCUT2D eigenvalue weighted by atomic mass is 10.0. The Balaban J connectivity index is 2.35. The van der Waals surface area contributed by atoms with E-state index in [0.29, 0.717) is 17.0 Å². The van der Waals surface area contributed by atoms with Gasteiger partial charge in [0.1, 0.15) is 11.5 Å². The molecule has 27 heavy (non-hydrogen) atoms. The number of carbonyl (C=O) groups excluding carboxylic acids is 1. The van der Waals surface area contributed by atoms with Gasteiger partial charge >= 0.3 is 12.1 Å². The van der Waals surface area contributed by atoms with E-state index in [1.54, 1.807) is 19.1 Å². The molecule has 1 unspecified atom stereocenters. The Morgan fingerprint density at radius 1 is 1.04 bits per heavy atom. The molecule has 0 aliphatic rings. The minimum absolute atomic E-state index is 0.252. The van der Waals surface area contributed by atoms with Crippen molar-refractivity contribution in [2.75, 3.05) is 26.6 Å². The van der Waals surface area contributed by atoms with Crippen molar-refractivity contribution in [3.8, 4) is 11.5 Å². The topological polar surface area (TPSA) is 56.8 Å². The third-order valence-electron chi connectivity index (χ3n) is 4.04. The molecule has 8 heteroatoms. The van der Waals surface area contributed by atoms with Crippen molar-refractivity contribution in [2.45, 2.75) is 19.1 Å². The number of esters is 1. The first-order chi connectivity index (χ1) is 12.7. The second-order valence-electron chi connectivity index (χ2n) is 5.73. The van der Waals surface area contributed by atoms with Gasteiger partial charge in [0.25, 0.3) is 0 Å². The van der Waals surface area contributed by atoms with Gasteiger partial charge in [-0.15, -0.1) is 0 Å². The van der Waals surface area contributed by atoms with Crippen LogP contribution in [0.1, 0.15) is 34.5 Å². The maximum atomic E-state index is 13.0. The molecule has 2 aromatic rings. The second kappa shape index (κ2) is 8.20. The highest BCUT2D eigenvalue weighted by molar-refractivity contribution is 5.96. The van der Waals surface area contributed by atoms with Crippen molar-refractivity contribution in [3.63, 3.8) is 0 Å². The fourth-order valence-corrected chi connectivity index (χ4v) is 2.58. The maximum absolute atomic E-state index is 13.0. The molecule has 0 heterocycles. The average Bonchev–Trinajstić information content (AvgIpc) is 2.66. The van der Waals surface area contributed by atoms with Crippen LogP contribution < -0.4 is 14.8 Å². The SMILES string of the molecule is COC(=O)c1cc(OC)ccc1NC(C)c1ccc(C(F)(F)F)c(OC)c1. The van der Waals surface area contributed by atoms with E-state index in [-0.39, 0.29) is 11.3 Å². The van der Waals surface area contributed by atoms with E-state index in [4.69, 9.17) is 14.2 Å². The molecule has 1 N–H and O–H groups in total. The second-order valence-corrected chi connectivity index (χ2v) is 5.73. The lowest BCUT2D eigenvalue weighted by molar-refractivity contribution is -0.138. The Hall–Kier alpha value is -2.90. The van der Waals surface area contributed by atoms with Crippen molar-refractivity contribution in [1.29, 1.82) is 0 Å². The van der Waals surface area contributed by atoms with Crippen LogP contribution in [-0.4, -0.2) is 27.3 Å². The third kappa shape index (κ3) is 4.64. The summed E-state index contributed by atoms with van der Waals surface area (Å²) in [6, 6.07) is 8.08. The molecule has 0 saturated carbocycles. The van der Waals surface area contributed by atoms with Crippen LogP contribution in [0.5, 0.6) is 11.5 Å². The van der Waals surface area contributed by atoms with Crippen LogP contribution in [-0.2, 0) is 10.9 Å². The van der Waals surface area contributed by atoms with E-state index in [1.807, 2.05) is 0 Å². The quantitative estimate of drug-likeness (QED) is 0.734. The Bertz CT molecular complexity index is 821. The average molecular weight is 383 g/mol. The number of ether oxygens (including phenoxy) is 3. The summed E-state index contributed by atoms with van der Waals surface area (Å²) in [5.41, 5.74) is 0.434. The number of carbonyl (C=O) groups is 1. The summed E-state index contributed by atoms with van der Waals surface area (Å²) < 4.78 is 53.8. The smallest absolute Gasteiger partial charge is 0.419 e. The molecule has 0 fully saturated rings. The van der Waals surface area contributed by atoms with Crippen LogP contribution in [0.3, 0.4) is 0 Å². The zero-order valence-electron chi connectivity index (χ0n) is 15.3. The maximum Gasteiger partial charge on any atom is 0.419 e. The third-order valence-corrected chi connectivity index (χ3v) is 4.04. The summed E-state index contributed by atoms with van der Waals surface area (Å²) >= 11 is 0. The van der Waals surface area contributed by atoms with Crippen molar-refractivity contribution in [2.24, 2.45) is 0 Å². The number of hydrogen-bond acceptors (Lipinski definition) is 5. The molecule has 0 aliphatic carbocycles. The van der Waals surface area contributed by atoms with Crippen molar-refractivity contribution >= 4 is 11.7 Å². The Labute approximate surface area is 155 Å². The van der Waals surface area contributed by atoms with Gasteiger partial charge in [-0.1, -0.05) is 6.07 Å². The van der Waals surface area contributed by atoms with Gasteiger partial charge in [0.05, 0.1) is 32.5 Å². The minimum Gasteiger partial charge on any atom is -0.497 e. The fraction of sp³-hybridized carbons (Fsp3) is 0.316. The van der Waals surface area contributed by atoms with Gasteiger partial charge in [0.15, 0.2) is 0 Å². The number of alkyl halides is 3. The van der Waals surface area contributed by atoms with Gasteiger partial charge in [0, 0.05) is 11.7 Å². The van der Waals surface area contributed by atoms with Crippen molar-refractivity contribution in [1.82, 2.24) is 0 Å². The van der Waals surface area contributed by atoms with Crippen LogP contribution in [0.4, 0.5) is 18.9 Å². The lowest BCUT2D eigenvalue weighted by Gasteiger charge is -2.20. The zero-order valence-corrected chi connectivity index (χ0v) is 15.3. The highest BCUT2D eigenvalue weighted by Gasteiger charge is 2.34. The monoisotopic (exact) mass is 383 g/mol. The molecule has 1 atom stereocenters. The van der Waals surface area contributed by atoms with Crippen molar-refractivity contribution < 1.29 is 32.2 Å². The molecule has 2 aromatic carbocycles. The summed E-state index contributed by atoms with van der Waals surface area (Å²) in [7, 11) is 3.92. The van der Waals surface area contributed by atoms with Crippen LogP contribution in [0.15, 0.2) is 36.4 Å². The molecular weight excluding hydrogens is 363 g/mol. The van der Waals surface area contributed by atoms with Crippen LogP contribution in [0.25, 0.3) is 0 Å². The summed E-state index contributed by atoms with van der Waals surface area (Å²) in [6.07, 6.45) is -4.51. The van der Waals surface area contributed by atoms with Gasteiger partial charge in [-0.3, -0.25) is 0 Å². The van der Waals surface area contributed by atoms with Gasteiger partial charge in [-0.25, -0.2) is 4.79 Å². The van der Waals surface area contributed by atoms with E-state index in [9.17, 15) is 18.0 Å². The molecule has 0 aliphatic heterocycles. The van der Waals surface area contributed by atoms with Gasteiger partial charge in [0.2, 0.25) is 0 Å². The fourth-order valence-electron chi connectivity index (χ4n) is 2.58. The molecule has 0 radical (unpaired) electrons. The van der Waals surface area contributed by atoms with Gasteiger partial charge in [-0.2, -0.15) is 13.2 Å². The molecule has 0 aromatic heterocycles. The highest BCUT2D eigenvalue weighted by Crippen LogP contribution is 2.38. The van der Waals surface area contributed by atoms with Crippen LogP contribution in [0, 0.1) is 0 Å². The molecule has 0 saturated heterocycles. The molecule has 0 bridgehead atoms. The zero-order chi connectivity index (χ0) is 20.2. The number of rotatable bonds is 6. The van der Waals surface area contributed by atoms with Gasteiger partial charge in [-0.05, 0) is 42.8 Å². The first-order valence-electron chi connectivity index (χ1n) is 7.99. The van der Waals surface area contributed by atoms with E-state index in [2.05, 4.69) is 5.32 Å². The normalized spacial score (nSPS) is 12.3. The Kier molecular flexibility index (Phi) is 6.20. The molecule has 0 amide bonds. The predicted octanol–water partition coefficient (Wildman–Crippen LogP) is 4.68. The van der Waals surface area contributed by atoms with E-state index in [1.165, 1.54) is 39.5 Å². The standard InChI is InChI=1S/C19H20F3NO4/c1-11(12-5-7-15(19(20,21)22)17(9-12)26-3)23-16-8-6-13(25-2)10-14(16)18(24)27-4/h5-11,23H,1-4H3. The molecular formula is C19H20F3NO4. The summed E-state index contributed by atoms with van der Waals surface area (Å²) in [5.74, 6) is -0.352. The largest absolute Gasteiger partial charge is 0.497 e. The van der Waals surface area contributed by atoms with E-state index in [0.717, 1.165) is 6.07 Å². The minimum atomic E-state index is -4.51. The molecule has 5 nitrogen and oxygen atoms in total. The van der Waals surface area contributed by atoms with Crippen molar-refractivity contribution in [3.05, 3.63) is 53.1 Å². The van der Waals surface area contributed by atoms with E-state index >= 15 is 0 Å². The molecule has 0 spiro atoms. The summed E-state index contributed by atoms with van der Waals surface area (Å²) in [5, 5.41) is 3.11. The van der Waals surface area contributed by atoms with Crippen LogP contribution >= 0.6 is 0 Å². The number of benzene rings is 2. The Morgan fingerprint density at radius 3 is 2.30 bits per heavy atom. The lowest BCUT2D eigenvalue weighted by Crippen LogP contribution is -2.13. The number of methoxy groups -OCH3 is 3. The number of anilines is 1. The first kappa shape index (κ1) is 20.4. The first-order valence-corrected chi connectivity index (χ1v) is 7.99. The number of halogens is 3. The number of nitrogens with one attached hydrogen (secondary N) is 1. The van der Waals surface area contributed by atoms with E-state index < -0.39 is 23.8 Å². The predicted molar refractivity (Wildman–Crippen MR) is 94.4 cm³/mol. The van der Waals surface area contributed by atoms with Crippen LogP contribution in [0.2, 0.25) is 0 Å². The summed E-state index contributed by atoms with van der Waals surface area (Å²) in [6.45, 7) is 1.76.